The number of carbonyl (C=O) groups excluding carboxylic acids is 6. The molecule has 0 fully saturated rings. The van der Waals surface area contributed by atoms with Crippen molar-refractivity contribution in [2.75, 3.05) is 48.6 Å². The monoisotopic (exact) mass is 1110 g/mol. The quantitative estimate of drug-likeness (QED) is 0.0308. The fraction of sp³-hybridized carbons (Fsp3) is 0.410. The molecule has 20 heteroatoms. The van der Waals surface area contributed by atoms with E-state index in [4.69, 9.17) is 38.6 Å². The number of hydrogen-bond donors (Lipinski definition) is 4. The average molecular weight is 1110 g/mol. The molecule has 6 rings (SSSR count). The molecule has 4 N–H and O–H groups in total. The highest BCUT2D eigenvalue weighted by Gasteiger charge is 2.30. The smallest absolute Gasteiger partial charge is 0.325 e. The molecule has 432 valence electrons. The third-order valence-electron chi connectivity index (χ3n) is 14.2. The highest BCUT2D eigenvalue weighted by atomic mass is 16.5. The lowest BCUT2D eigenvalue weighted by Crippen LogP contribution is -2.48. The summed E-state index contributed by atoms with van der Waals surface area (Å²) in [6.07, 6.45) is 3.86. The Morgan fingerprint density at radius 3 is 1.49 bits per heavy atom. The van der Waals surface area contributed by atoms with Crippen LogP contribution >= 0.6 is 0 Å². The van der Waals surface area contributed by atoms with Gasteiger partial charge in [-0.3, -0.25) is 38.1 Å². The van der Waals surface area contributed by atoms with Gasteiger partial charge in [-0.1, -0.05) is 114 Å². The first-order valence-corrected chi connectivity index (χ1v) is 27.3. The van der Waals surface area contributed by atoms with Crippen molar-refractivity contribution in [2.24, 2.45) is 11.8 Å². The molecule has 0 radical (unpaired) electrons. The standard InChI is InChI=1S/C61H76N8O12/c1-10-39(4)36-68-49(33-47(66-68)61(75)64-44(58(72)62-34-53(70)79-8)29-26-41-20-15-13-16-21-41)56-52(78-7)31-28-43(57(56)80-9)38-81-54(71)35-63-59(73)45(30-27-42-22-17-14-18-23-42)65-60(74)46-32-48(69(67-46)37-40(11-2)12-3)55-50(76-5)24-19-25-51(55)77-6/h13-25,28,31-33,39-40,44-45H,10-12,26-27,29-30,34-38H2,1-9H3,(H,62,72)(H,63,73)(H,64,75)(H,65,74)/t39?,44-,45-/m0/s1. The van der Waals surface area contributed by atoms with Crippen LogP contribution in [0.2, 0.25) is 0 Å². The van der Waals surface area contributed by atoms with Crippen molar-refractivity contribution in [1.82, 2.24) is 40.8 Å². The first kappa shape index (κ1) is 61.5. The van der Waals surface area contributed by atoms with E-state index in [-0.39, 0.29) is 55.0 Å². The molecule has 6 aromatic rings. The summed E-state index contributed by atoms with van der Waals surface area (Å²) in [6.45, 7) is 7.99. The number of benzene rings is 4. The van der Waals surface area contributed by atoms with Crippen molar-refractivity contribution in [3.05, 3.63) is 131 Å². The van der Waals surface area contributed by atoms with Gasteiger partial charge in [-0.05, 0) is 85.0 Å². The first-order chi connectivity index (χ1) is 39.2. The van der Waals surface area contributed by atoms with Crippen LogP contribution in [0.4, 0.5) is 0 Å². The zero-order valence-corrected chi connectivity index (χ0v) is 47.8. The molecular weight excluding hydrogens is 1040 g/mol. The maximum Gasteiger partial charge on any atom is 0.325 e. The predicted octanol–water partition coefficient (Wildman–Crippen LogP) is 7.54. The Hall–Kier alpha value is -8.68. The van der Waals surface area contributed by atoms with Crippen LogP contribution in [-0.2, 0) is 61.2 Å². The van der Waals surface area contributed by atoms with Gasteiger partial charge >= 0.3 is 11.9 Å². The normalized spacial score (nSPS) is 12.1. The molecule has 0 saturated heterocycles. The van der Waals surface area contributed by atoms with E-state index in [0.717, 1.165) is 30.4 Å². The highest BCUT2D eigenvalue weighted by Crippen LogP contribution is 2.42. The van der Waals surface area contributed by atoms with Crippen LogP contribution in [0.3, 0.4) is 0 Å². The van der Waals surface area contributed by atoms with Crippen LogP contribution in [0.1, 0.15) is 97.5 Å². The Labute approximate surface area is 473 Å². The molecule has 0 aliphatic carbocycles. The summed E-state index contributed by atoms with van der Waals surface area (Å²) in [5.74, 6) is -1.75. The summed E-state index contributed by atoms with van der Waals surface area (Å²) < 4.78 is 37.3. The molecule has 81 heavy (non-hydrogen) atoms. The molecule has 2 aromatic heterocycles. The molecule has 3 atom stereocenters. The number of rotatable bonds is 31. The molecule has 0 spiro atoms. The van der Waals surface area contributed by atoms with Gasteiger partial charge in [0.1, 0.15) is 54.8 Å². The summed E-state index contributed by atoms with van der Waals surface area (Å²) in [5, 5.41) is 20.5. The second-order valence-corrected chi connectivity index (χ2v) is 19.5. The van der Waals surface area contributed by atoms with E-state index in [1.54, 1.807) is 47.8 Å². The van der Waals surface area contributed by atoms with Crippen molar-refractivity contribution < 1.29 is 57.2 Å². The molecule has 4 aromatic carbocycles. The van der Waals surface area contributed by atoms with Crippen molar-refractivity contribution in [2.45, 2.75) is 104 Å². The highest BCUT2D eigenvalue weighted by molar-refractivity contribution is 5.99. The van der Waals surface area contributed by atoms with Crippen LogP contribution in [0.25, 0.3) is 22.5 Å². The summed E-state index contributed by atoms with van der Waals surface area (Å²) in [7, 11) is 7.28. The molecule has 0 aliphatic heterocycles. The largest absolute Gasteiger partial charge is 0.496 e. The number of nitrogens with one attached hydrogen (secondary N) is 4. The number of ether oxygens (including phenoxy) is 6. The summed E-state index contributed by atoms with van der Waals surface area (Å²) >= 11 is 0. The third-order valence-corrected chi connectivity index (χ3v) is 14.2. The van der Waals surface area contributed by atoms with Crippen molar-refractivity contribution >= 4 is 35.6 Å². The van der Waals surface area contributed by atoms with E-state index >= 15 is 0 Å². The second-order valence-electron chi connectivity index (χ2n) is 19.5. The Kier molecular flexibility index (Phi) is 23.3. The van der Waals surface area contributed by atoms with Crippen LogP contribution < -0.4 is 40.2 Å². The maximum atomic E-state index is 14.2. The average Bonchev–Trinajstić information content (AvgIpc) is 4.36. The number of aryl methyl sites for hydroxylation is 2. The minimum Gasteiger partial charge on any atom is -0.496 e. The van der Waals surface area contributed by atoms with Gasteiger partial charge in [0.05, 0.1) is 58.1 Å². The minimum absolute atomic E-state index is 0.00116. The molecule has 0 aliphatic rings. The lowest BCUT2D eigenvalue weighted by atomic mass is 10.0. The zero-order chi connectivity index (χ0) is 58.4. The van der Waals surface area contributed by atoms with E-state index < -0.39 is 54.2 Å². The van der Waals surface area contributed by atoms with Crippen molar-refractivity contribution in [3.63, 3.8) is 0 Å². The van der Waals surface area contributed by atoms with Crippen LogP contribution in [-0.4, -0.2) is 116 Å². The summed E-state index contributed by atoms with van der Waals surface area (Å²) in [5.41, 5.74) is 4.51. The molecule has 20 nitrogen and oxygen atoms in total. The number of esters is 2. The Bertz CT molecular complexity index is 3040. The Balaban J connectivity index is 1.21. The van der Waals surface area contributed by atoms with Gasteiger partial charge in [-0.2, -0.15) is 10.2 Å². The third kappa shape index (κ3) is 16.7. The SMILES string of the molecule is CCC(C)Cn1nc(C(=O)N[C@@H](CCc2ccccc2)C(=O)NCC(=O)OC)cc1-c1c(OC)ccc(COC(=O)CNC(=O)[C@H](CCc2ccccc2)NC(=O)c2cc(-c3c(OC)cccc3OC)n(CC(CC)CC)n2)c1OC. The van der Waals surface area contributed by atoms with Gasteiger partial charge < -0.3 is 49.7 Å². The van der Waals surface area contributed by atoms with Crippen LogP contribution in [0.5, 0.6) is 23.0 Å². The molecule has 2 heterocycles. The van der Waals surface area contributed by atoms with Crippen LogP contribution in [0, 0.1) is 11.8 Å². The number of methoxy groups -OCH3 is 5. The molecule has 4 amide bonds. The van der Waals surface area contributed by atoms with Gasteiger partial charge in [0.15, 0.2) is 11.4 Å². The summed E-state index contributed by atoms with van der Waals surface area (Å²) in [4.78, 5) is 81.5. The van der Waals surface area contributed by atoms with E-state index in [9.17, 15) is 28.8 Å². The van der Waals surface area contributed by atoms with Crippen LogP contribution in [0.15, 0.2) is 103 Å². The number of amides is 4. The predicted molar refractivity (Wildman–Crippen MR) is 305 cm³/mol. The minimum atomic E-state index is -1.08. The van der Waals surface area contributed by atoms with E-state index in [1.807, 2.05) is 92.7 Å². The number of aromatic nitrogens is 4. The van der Waals surface area contributed by atoms with Crippen molar-refractivity contribution in [1.29, 1.82) is 0 Å². The lowest BCUT2D eigenvalue weighted by molar-refractivity contribution is -0.145. The van der Waals surface area contributed by atoms with E-state index in [1.165, 1.54) is 21.3 Å². The Morgan fingerprint density at radius 1 is 0.543 bits per heavy atom. The van der Waals surface area contributed by atoms with Crippen molar-refractivity contribution in [3.8, 4) is 45.5 Å². The first-order valence-electron chi connectivity index (χ1n) is 27.3. The van der Waals surface area contributed by atoms with E-state index in [0.29, 0.717) is 71.3 Å². The molecule has 0 bridgehead atoms. The second kappa shape index (κ2) is 30.6. The van der Waals surface area contributed by atoms with Gasteiger partial charge in [-0.25, -0.2) is 0 Å². The Morgan fingerprint density at radius 2 is 1.02 bits per heavy atom. The molecule has 0 saturated carbocycles. The lowest BCUT2D eigenvalue weighted by Gasteiger charge is -2.19. The van der Waals surface area contributed by atoms with E-state index in [2.05, 4.69) is 35.1 Å². The van der Waals surface area contributed by atoms with Gasteiger partial charge in [0, 0.05) is 18.7 Å². The topological polar surface area (TPSA) is 242 Å². The number of carbonyl (C=O) groups is 6. The van der Waals surface area contributed by atoms with Gasteiger partial charge in [0.2, 0.25) is 11.8 Å². The maximum absolute atomic E-state index is 14.2. The zero-order valence-electron chi connectivity index (χ0n) is 47.8. The molecular formula is C61H76N8O12. The van der Waals surface area contributed by atoms with Gasteiger partial charge in [0.25, 0.3) is 11.8 Å². The number of hydrogen-bond acceptors (Lipinski definition) is 14. The fourth-order valence-electron chi connectivity index (χ4n) is 9.18. The molecule has 1 unspecified atom stereocenters. The number of nitrogens with zero attached hydrogens (tertiary/aromatic N) is 4. The van der Waals surface area contributed by atoms with Gasteiger partial charge in [-0.15, -0.1) is 0 Å². The summed E-state index contributed by atoms with van der Waals surface area (Å²) in [6, 6.07) is 28.9. The fourth-order valence-corrected chi connectivity index (χ4v) is 9.18.